The Hall–Kier alpha value is -4.89. The van der Waals surface area contributed by atoms with E-state index >= 15 is 0 Å². The molecule has 0 radical (unpaired) electrons. The second-order valence-corrected chi connectivity index (χ2v) is 15.4. The lowest BCUT2D eigenvalue weighted by Gasteiger charge is -2.31. The van der Waals surface area contributed by atoms with E-state index in [1.54, 1.807) is 71.3 Å². The van der Waals surface area contributed by atoms with Crippen molar-refractivity contribution in [2.24, 2.45) is 0 Å². The van der Waals surface area contributed by atoms with E-state index in [1.165, 1.54) is 17.9 Å². The number of aliphatic hydroxyl groups is 2. The number of nitrogens with zero attached hydrogens (tertiary/aromatic N) is 1. The molecule has 1 fully saturated rings. The summed E-state index contributed by atoms with van der Waals surface area (Å²) in [6.45, 7) is 6.03. The molecule has 14 heteroatoms. The Kier molecular flexibility index (Phi) is 13.0. The Morgan fingerprint density at radius 3 is 2.33 bits per heavy atom. The monoisotopic (exact) mass is 761 g/mol. The summed E-state index contributed by atoms with van der Waals surface area (Å²) in [7, 11) is 3.26. The van der Waals surface area contributed by atoms with Gasteiger partial charge in [0.05, 0.1) is 24.3 Å². The molecule has 1 aliphatic heterocycles. The van der Waals surface area contributed by atoms with Gasteiger partial charge in [-0.2, -0.15) is 0 Å². The van der Waals surface area contributed by atoms with Crippen molar-refractivity contribution in [2.45, 2.75) is 108 Å². The van der Waals surface area contributed by atoms with Crippen molar-refractivity contribution in [3.63, 3.8) is 0 Å². The summed E-state index contributed by atoms with van der Waals surface area (Å²) in [5, 5.41) is 25.7. The average Bonchev–Trinajstić information content (AvgIpc) is 3.68. The fraction of sp³-hybridized carbons (Fsp3) is 0.488. The van der Waals surface area contributed by atoms with Gasteiger partial charge in [0.25, 0.3) is 0 Å². The Morgan fingerprint density at radius 1 is 1.02 bits per heavy atom. The van der Waals surface area contributed by atoms with Crippen LogP contribution in [0.2, 0.25) is 0 Å². The van der Waals surface area contributed by atoms with Crippen molar-refractivity contribution >= 4 is 35.7 Å². The number of esters is 2. The highest BCUT2D eigenvalue weighted by atomic mass is 16.8. The smallest absolute Gasteiger partial charge is 0.338 e. The lowest BCUT2D eigenvalue weighted by atomic mass is 9.91. The molecule has 1 heterocycles. The highest BCUT2D eigenvalue weighted by Gasteiger charge is 2.55. The van der Waals surface area contributed by atoms with E-state index in [9.17, 15) is 34.2 Å². The molecule has 2 aromatic carbocycles. The second kappa shape index (κ2) is 17.3. The summed E-state index contributed by atoms with van der Waals surface area (Å²) >= 11 is 0. The van der Waals surface area contributed by atoms with E-state index < -0.39 is 78.2 Å². The third-order valence-electron chi connectivity index (χ3n) is 9.48. The Labute approximate surface area is 320 Å². The van der Waals surface area contributed by atoms with E-state index in [4.69, 9.17) is 18.9 Å². The Balaban J connectivity index is 1.33. The maximum Gasteiger partial charge on any atom is 0.338 e. The van der Waals surface area contributed by atoms with E-state index in [0.29, 0.717) is 18.4 Å². The third kappa shape index (κ3) is 10.7. The molecule has 14 nitrogen and oxygen atoms in total. The van der Waals surface area contributed by atoms with Crippen molar-refractivity contribution in [3.8, 4) is 0 Å². The molecular weight excluding hydrogens is 710 g/mol. The molecule has 55 heavy (non-hydrogen) atoms. The first-order chi connectivity index (χ1) is 26.0. The van der Waals surface area contributed by atoms with E-state index in [1.807, 2.05) is 24.3 Å². The minimum Gasteiger partial charge on any atom is -0.460 e. The van der Waals surface area contributed by atoms with E-state index in [2.05, 4.69) is 10.6 Å². The number of hydrogen-bond acceptors (Lipinski definition) is 11. The number of ether oxygens (including phenoxy) is 4. The number of carbonyl (C=O) groups is 5. The van der Waals surface area contributed by atoms with Crippen LogP contribution in [-0.2, 0) is 51.0 Å². The fourth-order valence-electron chi connectivity index (χ4n) is 6.78. The molecule has 0 aromatic heterocycles. The van der Waals surface area contributed by atoms with Crippen molar-refractivity contribution in [3.05, 3.63) is 88.5 Å². The number of nitrogens with one attached hydrogen (secondary N) is 2. The Morgan fingerprint density at radius 2 is 1.71 bits per heavy atom. The fourth-order valence-corrected chi connectivity index (χ4v) is 6.78. The Bertz CT molecular complexity index is 1800. The molecule has 0 saturated carbocycles. The summed E-state index contributed by atoms with van der Waals surface area (Å²) in [5.41, 5.74) is 2.40. The third-order valence-corrected chi connectivity index (χ3v) is 9.48. The van der Waals surface area contributed by atoms with Gasteiger partial charge < -0.3 is 44.7 Å². The standard InChI is InChI=1S/C41H51N3O11/c1-24(46)35(38(50)42-30(23-45)15-17-34(48)54-40(2,3)4)43-37(49)29-19-31(52-39(51)26-13-9-10-25(18-26)14-16-33(47)44(5)6)36-32(20-29)53-41(55-36)21-27-11-7-8-12-28(27)22-41/h7-14,16,18,20,24,30-32,35-36,45-46H,15,17,19,21-23H2,1-6H3,(H,42,50)(H,43,49). The van der Waals surface area contributed by atoms with Gasteiger partial charge in [-0.1, -0.05) is 36.4 Å². The number of benzene rings is 2. The number of hydrogen-bond donors (Lipinski definition) is 4. The zero-order valence-electron chi connectivity index (χ0n) is 32.1. The maximum absolute atomic E-state index is 13.9. The quantitative estimate of drug-likeness (QED) is 0.173. The number of fused-ring (bicyclic) bond motifs is 2. The van der Waals surface area contributed by atoms with Crippen LogP contribution in [0.1, 0.15) is 74.0 Å². The zero-order chi connectivity index (χ0) is 40.1. The van der Waals surface area contributed by atoms with Gasteiger partial charge in [0.1, 0.15) is 30.0 Å². The summed E-state index contributed by atoms with van der Waals surface area (Å²) in [6, 6.07) is 12.2. The van der Waals surface area contributed by atoms with Crippen LogP contribution < -0.4 is 10.6 Å². The topological polar surface area (TPSA) is 190 Å². The number of rotatable bonds is 13. The van der Waals surface area contributed by atoms with Crippen LogP contribution in [0.15, 0.2) is 66.3 Å². The first kappa shape index (κ1) is 41.3. The molecule has 3 amide bonds. The van der Waals surface area contributed by atoms with Gasteiger partial charge in [-0.25, -0.2) is 4.79 Å². The number of amides is 3. The molecule has 2 aromatic rings. The lowest BCUT2D eigenvalue weighted by molar-refractivity contribution is -0.172. The van der Waals surface area contributed by atoms with Crippen LogP contribution in [0.4, 0.5) is 0 Å². The lowest BCUT2D eigenvalue weighted by Crippen LogP contribution is -2.55. The molecule has 296 valence electrons. The average molecular weight is 762 g/mol. The first-order valence-corrected chi connectivity index (χ1v) is 18.4. The van der Waals surface area contributed by atoms with Gasteiger partial charge >= 0.3 is 11.9 Å². The van der Waals surface area contributed by atoms with Gasteiger partial charge in [0, 0.05) is 51.4 Å². The normalized spacial score (nSPS) is 21.5. The molecule has 5 rings (SSSR count). The molecule has 2 aliphatic carbocycles. The maximum atomic E-state index is 13.9. The van der Waals surface area contributed by atoms with Crippen LogP contribution in [0.25, 0.3) is 6.08 Å². The zero-order valence-corrected chi connectivity index (χ0v) is 32.1. The van der Waals surface area contributed by atoms with E-state index in [-0.39, 0.29) is 36.3 Å². The summed E-state index contributed by atoms with van der Waals surface area (Å²) < 4.78 is 24.5. The van der Waals surface area contributed by atoms with Crippen LogP contribution in [0, 0.1) is 0 Å². The molecule has 1 saturated heterocycles. The van der Waals surface area contributed by atoms with Crippen molar-refractivity contribution in [1.82, 2.24) is 15.5 Å². The van der Waals surface area contributed by atoms with Crippen molar-refractivity contribution in [2.75, 3.05) is 20.7 Å². The predicted molar refractivity (Wildman–Crippen MR) is 200 cm³/mol. The van der Waals surface area contributed by atoms with Crippen LogP contribution in [0.5, 0.6) is 0 Å². The molecule has 6 atom stereocenters. The predicted octanol–water partition coefficient (Wildman–Crippen LogP) is 2.39. The van der Waals surface area contributed by atoms with Gasteiger partial charge in [0.15, 0.2) is 5.79 Å². The number of carbonyl (C=O) groups excluding carboxylic acids is 5. The van der Waals surface area contributed by atoms with Crippen LogP contribution in [0.3, 0.4) is 0 Å². The summed E-state index contributed by atoms with van der Waals surface area (Å²) in [6.07, 6.45) is 1.51. The van der Waals surface area contributed by atoms with Gasteiger partial charge in [-0.15, -0.1) is 0 Å². The summed E-state index contributed by atoms with van der Waals surface area (Å²) in [5.74, 6) is -3.92. The summed E-state index contributed by atoms with van der Waals surface area (Å²) in [4.78, 5) is 66.6. The number of aliphatic hydroxyl groups excluding tert-OH is 2. The second-order valence-electron chi connectivity index (χ2n) is 15.4. The van der Waals surface area contributed by atoms with Gasteiger partial charge in [0.2, 0.25) is 17.7 Å². The van der Waals surface area contributed by atoms with Gasteiger partial charge in [-0.3, -0.25) is 19.2 Å². The minimum absolute atomic E-state index is 0.0647. The highest BCUT2D eigenvalue weighted by Crippen LogP contribution is 2.45. The van der Waals surface area contributed by atoms with Crippen LogP contribution in [-0.4, -0.2) is 113 Å². The molecule has 4 N–H and O–H groups in total. The molecule has 3 aliphatic rings. The first-order valence-electron chi connectivity index (χ1n) is 18.4. The van der Waals surface area contributed by atoms with Crippen molar-refractivity contribution in [1.29, 1.82) is 0 Å². The van der Waals surface area contributed by atoms with Crippen LogP contribution >= 0.6 is 0 Å². The van der Waals surface area contributed by atoms with Crippen molar-refractivity contribution < 1.29 is 53.1 Å². The SMILES string of the molecule is CC(O)C(NC(=O)C1=CC2OC3(Cc4ccccc4C3)OC2C(OC(=O)c2cccc(C=CC(=O)N(C)C)c2)C1)C(=O)NC(CO)CCC(=O)OC(C)(C)C. The largest absolute Gasteiger partial charge is 0.460 e. The highest BCUT2D eigenvalue weighted by molar-refractivity contribution is 5.98. The number of likely N-dealkylation sites (N-methyl/N-ethyl adjacent to an activating group) is 1. The minimum atomic E-state index is -1.44. The molecular formula is C41H51N3O11. The van der Waals surface area contributed by atoms with Gasteiger partial charge in [-0.05, 0) is 75.1 Å². The van der Waals surface area contributed by atoms with E-state index in [0.717, 1.165) is 11.1 Å². The molecule has 0 bridgehead atoms. The molecule has 6 unspecified atom stereocenters. The molecule has 1 spiro atoms.